The molecule has 1 N–H and O–H groups in total. The van der Waals surface area contributed by atoms with Gasteiger partial charge in [0, 0.05) is 12.6 Å². The Labute approximate surface area is 99.5 Å². The lowest BCUT2D eigenvalue weighted by Gasteiger charge is -2.32. The molecule has 0 aromatic heterocycles. The van der Waals surface area contributed by atoms with Crippen molar-refractivity contribution in [2.24, 2.45) is 0 Å². The fourth-order valence-corrected chi connectivity index (χ4v) is 2.79. The first-order valence-electron chi connectivity index (χ1n) is 6.89. The van der Waals surface area contributed by atoms with E-state index in [0.717, 1.165) is 12.6 Å². The topological polar surface area (TPSA) is 24.5 Å². The van der Waals surface area contributed by atoms with Crippen molar-refractivity contribution in [2.75, 3.05) is 26.2 Å². The molecule has 0 bridgehead atoms. The average Bonchev–Trinajstić information content (AvgIpc) is 2.73. The van der Waals surface area contributed by atoms with Crippen LogP contribution in [0, 0.1) is 0 Å². The maximum Gasteiger partial charge on any atom is 0.0704 e. The second-order valence-corrected chi connectivity index (χ2v) is 5.26. The van der Waals surface area contributed by atoms with E-state index in [1.165, 1.54) is 45.3 Å². The Morgan fingerprint density at radius 3 is 2.50 bits per heavy atom. The zero-order valence-electron chi connectivity index (χ0n) is 10.7. The van der Waals surface area contributed by atoms with E-state index < -0.39 is 0 Å². The van der Waals surface area contributed by atoms with E-state index in [4.69, 9.17) is 4.74 Å². The molecule has 3 nitrogen and oxygen atoms in total. The van der Waals surface area contributed by atoms with Crippen molar-refractivity contribution in [3.63, 3.8) is 0 Å². The minimum Gasteiger partial charge on any atom is -0.374 e. The monoisotopic (exact) mass is 226 g/mol. The van der Waals surface area contributed by atoms with Gasteiger partial charge in [-0.2, -0.15) is 0 Å². The lowest BCUT2D eigenvalue weighted by atomic mass is 10.0. The van der Waals surface area contributed by atoms with Crippen LogP contribution in [0.2, 0.25) is 0 Å². The summed E-state index contributed by atoms with van der Waals surface area (Å²) in [6, 6.07) is 0.724. The second kappa shape index (κ2) is 5.99. The van der Waals surface area contributed by atoms with Gasteiger partial charge in [-0.1, -0.05) is 6.92 Å². The van der Waals surface area contributed by atoms with E-state index in [1.54, 1.807) is 0 Å². The summed E-state index contributed by atoms with van der Waals surface area (Å²) in [7, 11) is 0. The van der Waals surface area contributed by atoms with Gasteiger partial charge in [-0.15, -0.1) is 0 Å². The van der Waals surface area contributed by atoms with E-state index in [0.29, 0.717) is 12.2 Å². The lowest BCUT2D eigenvalue weighted by molar-refractivity contribution is 0.0524. The molecule has 2 heterocycles. The van der Waals surface area contributed by atoms with Gasteiger partial charge in [0.2, 0.25) is 0 Å². The summed E-state index contributed by atoms with van der Waals surface area (Å²) < 4.78 is 5.82. The Morgan fingerprint density at radius 2 is 1.94 bits per heavy atom. The fraction of sp³-hybridized carbons (Fsp3) is 1.00. The highest BCUT2D eigenvalue weighted by molar-refractivity contribution is 4.79. The number of hydrogen-bond donors (Lipinski definition) is 1. The van der Waals surface area contributed by atoms with E-state index >= 15 is 0 Å². The van der Waals surface area contributed by atoms with E-state index in [1.807, 2.05) is 0 Å². The number of nitrogens with zero attached hydrogens (tertiary/aromatic N) is 1. The highest BCUT2D eigenvalue weighted by atomic mass is 16.5. The molecule has 0 aromatic rings. The second-order valence-electron chi connectivity index (χ2n) is 5.26. The number of nitrogens with one attached hydrogen (secondary N) is 1. The Hall–Kier alpha value is -0.120. The molecule has 0 aromatic carbocycles. The molecular weight excluding hydrogens is 200 g/mol. The van der Waals surface area contributed by atoms with Crippen LogP contribution in [-0.2, 0) is 4.74 Å². The van der Waals surface area contributed by atoms with Crippen molar-refractivity contribution in [1.29, 1.82) is 0 Å². The van der Waals surface area contributed by atoms with E-state index in [9.17, 15) is 0 Å². The number of likely N-dealkylation sites (tertiary alicyclic amines) is 1. The number of ether oxygens (including phenoxy) is 1. The highest BCUT2D eigenvalue weighted by Gasteiger charge is 2.23. The quantitative estimate of drug-likeness (QED) is 0.788. The molecular formula is C13H26N2O. The molecule has 0 aliphatic carbocycles. The predicted molar refractivity (Wildman–Crippen MR) is 66.7 cm³/mol. The smallest absolute Gasteiger partial charge is 0.0704 e. The predicted octanol–water partition coefficient (Wildman–Crippen LogP) is 1.63. The summed E-state index contributed by atoms with van der Waals surface area (Å²) in [6.45, 7) is 9.21. The minimum absolute atomic E-state index is 0.471. The highest BCUT2D eigenvalue weighted by Crippen LogP contribution is 2.19. The zero-order chi connectivity index (χ0) is 11.4. The number of hydrogen-bond acceptors (Lipinski definition) is 3. The Morgan fingerprint density at radius 1 is 1.19 bits per heavy atom. The van der Waals surface area contributed by atoms with Gasteiger partial charge in [0.1, 0.15) is 0 Å². The normalized spacial score (nSPS) is 33.4. The largest absolute Gasteiger partial charge is 0.374 e. The molecule has 0 radical (unpaired) electrons. The van der Waals surface area contributed by atoms with Gasteiger partial charge in [-0.05, 0) is 52.2 Å². The SMILES string of the molecule is CCN1CCC(NCC2CCC(C)O2)CC1. The third-order valence-corrected chi connectivity index (χ3v) is 3.99. The van der Waals surface area contributed by atoms with Gasteiger partial charge >= 0.3 is 0 Å². The van der Waals surface area contributed by atoms with Gasteiger partial charge in [0.15, 0.2) is 0 Å². The molecule has 2 rings (SSSR count). The molecule has 3 heteroatoms. The van der Waals surface area contributed by atoms with Crippen LogP contribution in [0.5, 0.6) is 0 Å². The van der Waals surface area contributed by atoms with Gasteiger partial charge in [0.25, 0.3) is 0 Å². The van der Waals surface area contributed by atoms with Gasteiger partial charge in [0.05, 0.1) is 12.2 Å². The van der Waals surface area contributed by atoms with Crippen LogP contribution in [0.1, 0.15) is 39.5 Å². The van der Waals surface area contributed by atoms with E-state index in [2.05, 4.69) is 24.1 Å². The average molecular weight is 226 g/mol. The molecule has 94 valence electrons. The first-order chi connectivity index (χ1) is 7.78. The first-order valence-corrected chi connectivity index (χ1v) is 6.89. The summed E-state index contributed by atoms with van der Waals surface area (Å²) in [6.07, 6.45) is 6.03. The lowest BCUT2D eigenvalue weighted by Crippen LogP contribution is -2.44. The number of rotatable bonds is 4. The molecule has 2 aliphatic rings. The molecule has 0 spiro atoms. The van der Waals surface area contributed by atoms with Crippen molar-refractivity contribution in [2.45, 2.75) is 57.8 Å². The van der Waals surface area contributed by atoms with Crippen LogP contribution in [0.25, 0.3) is 0 Å². The minimum atomic E-state index is 0.471. The van der Waals surface area contributed by atoms with Crippen molar-refractivity contribution in [3.05, 3.63) is 0 Å². The van der Waals surface area contributed by atoms with Gasteiger partial charge in [-0.3, -0.25) is 0 Å². The third-order valence-electron chi connectivity index (χ3n) is 3.99. The molecule has 2 saturated heterocycles. The Balaban J connectivity index is 1.60. The molecule has 0 saturated carbocycles. The van der Waals surface area contributed by atoms with Gasteiger partial charge in [-0.25, -0.2) is 0 Å². The molecule has 16 heavy (non-hydrogen) atoms. The van der Waals surface area contributed by atoms with Crippen LogP contribution in [0.4, 0.5) is 0 Å². The Bertz CT molecular complexity index is 202. The summed E-state index contributed by atoms with van der Waals surface area (Å²) in [5.41, 5.74) is 0. The molecule has 2 atom stereocenters. The van der Waals surface area contributed by atoms with Gasteiger partial charge < -0.3 is 15.0 Å². The summed E-state index contributed by atoms with van der Waals surface area (Å²) in [4.78, 5) is 2.53. The van der Waals surface area contributed by atoms with Crippen LogP contribution in [-0.4, -0.2) is 49.3 Å². The zero-order valence-corrected chi connectivity index (χ0v) is 10.7. The van der Waals surface area contributed by atoms with Crippen molar-refractivity contribution in [1.82, 2.24) is 10.2 Å². The van der Waals surface area contributed by atoms with Crippen molar-refractivity contribution >= 4 is 0 Å². The van der Waals surface area contributed by atoms with Crippen molar-refractivity contribution in [3.8, 4) is 0 Å². The van der Waals surface area contributed by atoms with Crippen LogP contribution >= 0.6 is 0 Å². The van der Waals surface area contributed by atoms with E-state index in [-0.39, 0.29) is 0 Å². The summed E-state index contributed by atoms with van der Waals surface area (Å²) in [5, 5.41) is 3.68. The molecule has 2 aliphatic heterocycles. The fourth-order valence-electron chi connectivity index (χ4n) is 2.79. The first kappa shape index (κ1) is 12.3. The standard InChI is InChI=1S/C13H26N2O/c1-3-15-8-6-12(7-9-15)14-10-13-5-4-11(2)16-13/h11-14H,3-10H2,1-2H3. The molecule has 2 fully saturated rings. The van der Waals surface area contributed by atoms with Crippen LogP contribution in [0.3, 0.4) is 0 Å². The van der Waals surface area contributed by atoms with Crippen LogP contribution < -0.4 is 5.32 Å². The van der Waals surface area contributed by atoms with Crippen LogP contribution in [0.15, 0.2) is 0 Å². The maximum atomic E-state index is 5.82. The third kappa shape index (κ3) is 3.44. The molecule has 0 amide bonds. The summed E-state index contributed by atoms with van der Waals surface area (Å²) >= 11 is 0. The number of piperidine rings is 1. The molecule has 2 unspecified atom stereocenters. The Kier molecular flexibility index (Phi) is 4.62. The van der Waals surface area contributed by atoms with Crippen molar-refractivity contribution < 1.29 is 4.74 Å². The maximum absolute atomic E-state index is 5.82. The summed E-state index contributed by atoms with van der Waals surface area (Å²) in [5.74, 6) is 0.